The zero-order chi connectivity index (χ0) is 55.0. The summed E-state index contributed by atoms with van der Waals surface area (Å²) in [6, 6.07) is 0. The third-order valence-corrected chi connectivity index (χ3v) is 13.8. The zero-order valence-corrected chi connectivity index (χ0v) is 50.0. The SMILES string of the molecule is CC/C=C\C/C=C\C/C=C\C/C=C\CCCCCCCCCCCCCCCCCCCCCCC(=O)OCC(COC(=O)CCCCCCC/C=C\CCCCC)OC(=O)CCCCC/C=C\C/C=C\C/C=C\CC. The summed E-state index contributed by atoms with van der Waals surface area (Å²) in [4.78, 5) is 38.2. The number of carbonyl (C=O) groups is 3. The summed E-state index contributed by atoms with van der Waals surface area (Å²) in [7, 11) is 0. The predicted molar refractivity (Wildman–Crippen MR) is 330 cm³/mol. The van der Waals surface area contributed by atoms with Crippen LogP contribution in [0.25, 0.3) is 0 Å². The van der Waals surface area contributed by atoms with Crippen LogP contribution >= 0.6 is 0 Å². The first-order valence-corrected chi connectivity index (χ1v) is 32.2. The second-order valence-corrected chi connectivity index (χ2v) is 21.3. The van der Waals surface area contributed by atoms with Gasteiger partial charge in [-0.2, -0.15) is 0 Å². The maximum atomic E-state index is 12.8. The summed E-state index contributed by atoms with van der Waals surface area (Å²) in [5.41, 5.74) is 0. The molecule has 0 aromatic rings. The van der Waals surface area contributed by atoms with Gasteiger partial charge in [-0.3, -0.25) is 14.4 Å². The van der Waals surface area contributed by atoms with E-state index in [0.29, 0.717) is 19.3 Å². The molecule has 0 aliphatic carbocycles. The number of ether oxygens (including phenoxy) is 3. The number of hydrogen-bond acceptors (Lipinski definition) is 6. The average molecular weight is 1060 g/mol. The molecule has 0 aliphatic rings. The fourth-order valence-electron chi connectivity index (χ4n) is 9.03. The Morgan fingerprint density at radius 2 is 0.513 bits per heavy atom. The Balaban J connectivity index is 4.10. The topological polar surface area (TPSA) is 78.9 Å². The molecular weight excluding hydrogens is 937 g/mol. The number of allylic oxidation sites excluding steroid dienone is 16. The molecule has 0 saturated heterocycles. The first-order chi connectivity index (χ1) is 37.5. The van der Waals surface area contributed by atoms with Gasteiger partial charge in [0.05, 0.1) is 0 Å². The zero-order valence-electron chi connectivity index (χ0n) is 50.0. The van der Waals surface area contributed by atoms with Crippen molar-refractivity contribution in [2.45, 2.75) is 316 Å². The van der Waals surface area contributed by atoms with Gasteiger partial charge in [0.15, 0.2) is 6.10 Å². The van der Waals surface area contributed by atoms with Crippen LogP contribution in [0.5, 0.6) is 0 Å². The molecule has 6 nitrogen and oxygen atoms in total. The van der Waals surface area contributed by atoms with Gasteiger partial charge < -0.3 is 14.2 Å². The first kappa shape index (κ1) is 72.3. The fourth-order valence-corrected chi connectivity index (χ4v) is 9.03. The molecule has 6 heteroatoms. The quantitative estimate of drug-likeness (QED) is 0.0261. The molecular formula is C70H120O6. The van der Waals surface area contributed by atoms with Gasteiger partial charge in [0, 0.05) is 19.3 Å². The highest BCUT2D eigenvalue weighted by Gasteiger charge is 2.19. The smallest absolute Gasteiger partial charge is 0.306 e. The van der Waals surface area contributed by atoms with E-state index in [2.05, 4.69) is 118 Å². The lowest BCUT2D eigenvalue weighted by atomic mass is 10.0. The van der Waals surface area contributed by atoms with Crippen LogP contribution in [0.2, 0.25) is 0 Å². The third kappa shape index (κ3) is 61.2. The molecule has 0 aliphatic heterocycles. The Morgan fingerprint density at radius 1 is 0.276 bits per heavy atom. The van der Waals surface area contributed by atoms with Crippen LogP contribution in [-0.4, -0.2) is 37.2 Å². The van der Waals surface area contributed by atoms with Crippen molar-refractivity contribution < 1.29 is 28.6 Å². The maximum Gasteiger partial charge on any atom is 0.306 e. The summed E-state index contributed by atoms with van der Waals surface area (Å²) in [5.74, 6) is -0.919. The minimum absolute atomic E-state index is 0.0890. The van der Waals surface area contributed by atoms with Gasteiger partial charge in [0.1, 0.15) is 13.2 Å². The Hall–Kier alpha value is -3.67. The molecule has 0 saturated carbocycles. The molecule has 436 valence electrons. The van der Waals surface area contributed by atoms with E-state index in [9.17, 15) is 14.4 Å². The molecule has 0 fully saturated rings. The van der Waals surface area contributed by atoms with E-state index < -0.39 is 6.10 Å². The number of rotatable bonds is 58. The molecule has 76 heavy (non-hydrogen) atoms. The van der Waals surface area contributed by atoms with Gasteiger partial charge in [-0.15, -0.1) is 0 Å². The van der Waals surface area contributed by atoms with Crippen LogP contribution in [0, 0.1) is 0 Å². The highest BCUT2D eigenvalue weighted by molar-refractivity contribution is 5.71. The van der Waals surface area contributed by atoms with Crippen LogP contribution in [0.3, 0.4) is 0 Å². The summed E-state index contributed by atoms with van der Waals surface area (Å²) in [5, 5.41) is 0. The van der Waals surface area contributed by atoms with Crippen LogP contribution in [0.15, 0.2) is 97.2 Å². The summed E-state index contributed by atoms with van der Waals surface area (Å²) < 4.78 is 16.8. The van der Waals surface area contributed by atoms with E-state index in [-0.39, 0.29) is 31.1 Å². The monoisotopic (exact) mass is 1060 g/mol. The molecule has 0 rings (SSSR count). The number of unbranched alkanes of at least 4 members (excludes halogenated alkanes) is 31. The predicted octanol–water partition coefficient (Wildman–Crippen LogP) is 22.0. The Labute approximate surface area is 470 Å². The van der Waals surface area contributed by atoms with Crippen molar-refractivity contribution in [3.8, 4) is 0 Å². The Morgan fingerprint density at radius 3 is 0.829 bits per heavy atom. The van der Waals surface area contributed by atoms with Crippen LogP contribution in [0.1, 0.15) is 310 Å². The van der Waals surface area contributed by atoms with Crippen molar-refractivity contribution in [3.63, 3.8) is 0 Å². The van der Waals surface area contributed by atoms with Crippen LogP contribution in [0.4, 0.5) is 0 Å². The molecule has 0 bridgehead atoms. The molecule has 0 aromatic heterocycles. The van der Waals surface area contributed by atoms with E-state index in [1.165, 1.54) is 154 Å². The van der Waals surface area contributed by atoms with Crippen LogP contribution in [-0.2, 0) is 28.6 Å². The molecule has 1 unspecified atom stereocenters. The van der Waals surface area contributed by atoms with Gasteiger partial charge in [-0.05, 0) is 116 Å². The Bertz CT molecular complexity index is 1490. The van der Waals surface area contributed by atoms with Crippen molar-refractivity contribution in [1.82, 2.24) is 0 Å². The molecule has 0 spiro atoms. The minimum Gasteiger partial charge on any atom is -0.462 e. The lowest BCUT2D eigenvalue weighted by Crippen LogP contribution is -2.30. The molecule has 0 heterocycles. The van der Waals surface area contributed by atoms with E-state index in [1.807, 2.05) is 0 Å². The minimum atomic E-state index is -0.794. The van der Waals surface area contributed by atoms with Gasteiger partial charge in [0.25, 0.3) is 0 Å². The van der Waals surface area contributed by atoms with Crippen molar-refractivity contribution in [1.29, 1.82) is 0 Å². The average Bonchev–Trinajstić information content (AvgIpc) is 3.42. The standard InChI is InChI=1S/C70H120O6/c1-4-7-10-13-16-19-22-25-26-27-28-29-30-31-32-33-34-35-36-37-38-39-40-41-42-43-44-46-48-51-54-57-60-63-69(72)75-66-67(65-74-68(71)62-59-56-53-50-47-24-21-18-15-12-9-6-3)76-70(73)64-61-58-55-52-49-45-23-20-17-14-11-8-5-2/h7-8,10-11,16-21,25-26,28-29,45,49,67H,4-6,9,12-15,22-24,27,30-44,46-48,50-66H2,1-3H3/b10-7-,11-8-,19-16-,20-17-,21-18-,26-25-,29-28-,49-45-. The highest BCUT2D eigenvalue weighted by atomic mass is 16.6. The van der Waals surface area contributed by atoms with Gasteiger partial charge >= 0.3 is 17.9 Å². The summed E-state index contributed by atoms with van der Waals surface area (Å²) in [6.45, 7) is 6.38. The molecule has 0 amide bonds. The number of esters is 3. The molecule has 1 atom stereocenters. The second kappa shape index (κ2) is 63.9. The fraction of sp³-hybridized carbons (Fsp3) is 0.729. The largest absolute Gasteiger partial charge is 0.462 e. The highest BCUT2D eigenvalue weighted by Crippen LogP contribution is 2.17. The van der Waals surface area contributed by atoms with Crippen molar-refractivity contribution >= 4 is 17.9 Å². The summed E-state index contributed by atoms with van der Waals surface area (Å²) >= 11 is 0. The molecule has 0 N–H and O–H groups in total. The third-order valence-electron chi connectivity index (χ3n) is 13.8. The van der Waals surface area contributed by atoms with Gasteiger partial charge in [-0.25, -0.2) is 0 Å². The summed E-state index contributed by atoms with van der Waals surface area (Å²) in [6.07, 6.45) is 85.9. The Kier molecular flexibility index (Phi) is 60.8. The van der Waals surface area contributed by atoms with Crippen LogP contribution < -0.4 is 0 Å². The van der Waals surface area contributed by atoms with Gasteiger partial charge in [0.2, 0.25) is 0 Å². The van der Waals surface area contributed by atoms with Crippen molar-refractivity contribution in [2.24, 2.45) is 0 Å². The van der Waals surface area contributed by atoms with E-state index in [1.54, 1.807) is 0 Å². The number of carbonyl (C=O) groups excluding carboxylic acids is 3. The number of hydrogen-bond donors (Lipinski definition) is 0. The van der Waals surface area contributed by atoms with E-state index in [4.69, 9.17) is 14.2 Å². The first-order valence-electron chi connectivity index (χ1n) is 32.2. The lowest BCUT2D eigenvalue weighted by Gasteiger charge is -2.18. The molecule has 0 radical (unpaired) electrons. The second-order valence-electron chi connectivity index (χ2n) is 21.3. The normalized spacial score (nSPS) is 12.7. The lowest BCUT2D eigenvalue weighted by molar-refractivity contribution is -0.167. The van der Waals surface area contributed by atoms with E-state index >= 15 is 0 Å². The van der Waals surface area contributed by atoms with Crippen molar-refractivity contribution in [2.75, 3.05) is 13.2 Å². The molecule has 0 aromatic carbocycles. The van der Waals surface area contributed by atoms with E-state index in [0.717, 1.165) is 116 Å². The van der Waals surface area contributed by atoms with Gasteiger partial charge in [-0.1, -0.05) is 272 Å². The van der Waals surface area contributed by atoms with Crippen molar-refractivity contribution in [3.05, 3.63) is 97.2 Å². The maximum absolute atomic E-state index is 12.8.